The molecule has 0 fully saturated rings. The molecule has 0 unspecified atom stereocenters. The van der Waals surface area contributed by atoms with E-state index in [1.165, 1.54) is 4.57 Å². The van der Waals surface area contributed by atoms with Crippen molar-refractivity contribution in [1.82, 2.24) is 4.57 Å². The summed E-state index contributed by atoms with van der Waals surface area (Å²) in [5.41, 5.74) is 2.30. The second-order valence-electron chi connectivity index (χ2n) is 5.73. The average molecular weight is 335 g/mol. The Morgan fingerprint density at radius 2 is 1.42 bits per heavy atom. The zero-order valence-electron chi connectivity index (χ0n) is 12.8. The van der Waals surface area contributed by atoms with Crippen molar-refractivity contribution in [2.75, 3.05) is 0 Å². The fraction of sp³-hybridized carbons (Fsp3) is 0.0526. The Balaban J connectivity index is 2.05. The molecule has 0 saturated carbocycles. The minimum atomic E-state index is -0.328. The van der Waals surface area contributed by atoms with E-state index in [0.717, 1.165) is 10.5 Å². The van der Waals surface area contributed by atoms with Gasteiger partial charge in [0.25, 0.3) is 0 Å². The minimum Gasteiger partial charge on any atom is -0.494 e. The van der Waals surface area contributed by atoms with Gasteiger partial charge in [0.15, 0.2) is 11.6 Å². The summed E-state index contributed by atoms with van der Waals surface area (Å²) in [6.45, 7) is 0. The first kappa shape index (κ1) is 14.8. The number of rotatable bonds is 1. The summed E-state index contributed by atoms with van der Waals surface area (Å²) in [4.78, 5) is 26.6. The molecule has 4 nitrogen and oxygen atoms in total. The molecule has 2 aromatic carbocycles. The topological polar surface area (TPSA) is 59.3 Å². The van der Waals surface area contributed by atoms with E-state index in [9.17, 15) is 14.7 Å². The highest BCUT2D eigenvalue weighted by Crippen LogP contribution is 2.41. The highest BCUT2D eigenvalue weighted by atomic mass is 32.1. The van der Waals surface area contributed by atoms with Crippen LogP contribution < -0.4 is 0 Å². The molecule has 1 aromatic heterocycles. The summed E-state index contributed by atoms with van der Waals surface area (Å²) >= 11 is 4.27. The maximum Gasteiger partial charge on any atom is 0.203 e. The van der Waals surface area contributed by atoms with Crippen LogP contribution in [0.5, 0.6) is 5.88 Å². The molecule has 0 atom stereocenters. The molecular weight excluding hydrogens is 322 g/mol. The zero-order chi connectivity index (χ0) is 17.0. The van der Waals surface area contributed by atoms with Crippen LogP contribution in [0, 0.1) is 0 Å². The van der Waals surface area contributed by atoms with Crippen LogP contribution in [0.15, 0.2) is 53.4 Å². The Labute approximate surface area is 143 Å². The standard InChI is InChI=1S/C19H13NO3S/c1-20-16(10-6-8-11(24)9-7-10)14-15(19(20)23)18(22)13-5-3-2-4-12(13)17(14)21/h2-9,23-24H,1H3. The van der Waals surface area contributed by atoms with Gasteiger partial charge in [0.2, 0.25) is 5.88 Å². The van der Waals surface area contributed by atoms with E-state index in [4.69, 9.17) is 0 Å². The van der Waals surface area contributed by atoms with Crippen molar-refractivity contribution in [2.45, 2.75) is 4.90 Å². The van der Waals surface area contributed by atoms with Gasteiger partial charge >= 0.3 is 0 Å². The summed E-state index contributed by atoms with van der Waals surface area (Å²) in [6.07, 6.45) is 0. The SMILES string of the molecule is Cn1c(O)c2c(c1-c1ccc(S)cc1)C(=O)c1ccccc1C2=O. The van der Waals surface area contributed by atoms with E-state index in [2.05, 4.69) is 12.6 Å². The van der Waals surface area contributed by atoms with Crippen LogP contribution in [0.4, 0.5) is 0 Å². The molecule has 24 heavy (non-hydrogen) atoms. The summed E-state index contributed by atoms with van der Waals surface area (Å²) in [5, 5.41) is 10.5. The van der Waals surface area contributed by atoms with Crippen LogP contribution in [0.2, 0.25) is 0 Å². The highest BCUT2D eigenvalue weighted by molar-refractivity contribution is 7.80. The molecule has 1 heterocycles. The van der Waals surface area contributed by atoms with Crippen molar-refractivity contribution >= 4 is 24.2 Å². The lowest BCUT2D eigenvalue weighted by atomic mass is 9.84. The Morgan fingerprint density at radius 3 is 2.00 bits per heavy atom. The van der Waals surface area contributed by atoms with Gasteiger partial charge in [-0.15, -0.1) is 12.6 Å². The zero-order valence-corrected chi connectivity index (χ0v) is 13.7. The van der Waals surface area contributed by atoms with E-state index in [-0.39, 0.29) is 28.6 Å². The predicted molar refractivity (Wildman–Crippen MR) is 93.1 cm³/mol. The molecule has 0 radical (unpaired) electrons. The second kappa shape index (κ2) is 5.11. The fourth-order valence-corrected chi connectivity index (χ4v) is 3.36. The van der Waals surface area contributed by atoms with Crippen molar-refractivity contribution in [1.29, 1.82) is 0 Å². The van der Waals surface area contributed by atoms with Crippen LogP contribution >= 0.6 is 12.6 Å². The Morgan fingerprint density at radius 1 is 0.875 bits per heavy atom. The summed E-state index contributed by atoms with van der Waals surface area (Å²) in [6, 6.07) is 13.9. The number of fused-ring (bicyclic) bond motifs is 2. The first-order valence-corrected chi connectivity index (χ1v) is 7.85. The van der Waals surface area contributed by atoms with Crippen LogP contribution in [0.3, 0.4) is 0 Å². The number of benzene rings is 2. The van der Waals surface area contributed by atoms with Gasteiger partial charge in [-0.25, -0.2) is 0 Å². The molecule has 4 rings (SSSR count). The fourth-order valence-electron chi connectivity index (χ4n) is 3.21. The van der Waals surface area contributed by atoms with E-state index in [1.54, 1.807) is 43.4 Å². The van der Waals surface area contributed by atoms with E-state index in [0.29, 0.717) is 16.8 Å². The molecule has 118 valence electrons. The lowest BCUT2D eigenvalue weighted by molar-refractivity contribution is 0.0978. The van der Waals surface area contributed by atoms with Gasteiger partial charge < -0.3 is 9.67 Å². The quantitative estimate of drug-likeness (QED) is 0.524. The van der Waals surface area contributed by atoms with Crippen LogP contribution in [0.25, 0.3) is 11.3 Å². The number of aromatic hydroxyl groups is 1. The van der Waals surface area contributed by atoms with Gasteiger partial charge in [-0.05, 0) is 17.7 Å². The average Bonchev–Trinajstić information content (AvgIpc) is 2.86. The van der Waals surface area contributed by atoms with Gasteiger partial charge in [0, 0.05) is 23.1 Å². The van der Waals surface area contributed by atoms with Crippen molar-refractivity contribution in [3.8, 4) is 17.1 Å². The van der Waals surface area contributed by atoms with Gasteiger partial charge in [-0.2, -0.15) is 0 Å². The van der Waals surface area contributed by atoms with Crippen molar-refractivity contribution < 1.29 is 14.7 Å². The third kappa shape index (κ3) is 1.88. The number of nitrogens with zero attached hydrogens (tertiary/aromatic N) is 1. The number of aromatic nitrogens is 1. The third-order valence-electron chi connectivity index (χ3n) is 4.37. The lowest BCUT2D eigenvalue weighted by Gasteiger charge is -2.15. The van der Waals surface area contributed by atoms with E-state index in [1.807, 2.05) is 12.1 Å². The Kier molecular flexibility index (Phi) is 3.15. The molecule has 5 heteroatoms. The Hall–Kier alpha value is -2.79. The maximum absolute atomic E-state index is 13.0. The second-order valence-corrected chi connectivity index (χ2v) is 6.25. The van der Waals surface area contributed by atoms with Gasteiger partial charge in [-0.3, -0.25) is 9.59 Å². The number of thiol groups is 1. The summed E-state index contributed by atoms with van der Waals surface area (Å²) in [7, 11) is 1.64. The minimum absolute atomic E-state index is 0.0751. The molecule has 0 aliphatic heterocycles. The van der Waals surface area contributed by atoms with Crippen LogP contribution in [0.1, 0.15) is 31.8 Å². The van der Waals surface area contributed by atoms with Crippen molar-refractivity contribution in [3.05, 3.63) is 70.8 Å². The molecule has 1 N–H and O–H groups in total. The molecule has 0 spiro atoms. The predicted octanol–water partition coefficient (Wildman–Crippen LogP) is 3.46. The first-order valence-electron chi connectivity index (χ1n) is 7.40. The molecule has 0 bridgehead atoms. The smallest absolute Gasteiger partial charge is 0.203 e. The number of ketones is 2. The number of hydrogen-bond acceptors (Lipinski definition) is 4. The summed E-state index contributed by atoms with van der Waals surface area (Å²) in [5.74, 6) is -0.769. The largest absolute Gasteiger partial charge is 0.494 e. The third-order valence-corrected chi connectivity index (χ3v) is 4.67. The number of hydrogen-bond donors (Lipinski definition) is 2. The highest BCUT2D eigenvalue weighted by Gasteiger charge is 2.37. The molecule has 3 aromatic rings. The van der Waals surface area contributed by atoms with Gasteiger partial charge in [0.05, 0.1) is 16.8 Å². The van der Waals surface area contributed by atoms with Crippen LogP contribution in [-0.2, 0) is 7.05 Å². The Bertz CT molecular complexity index is 1020. The lowest BCUT2D eigenvalue weighted by Crippen LogP contribution is -2.19. The normalized spacial score (nSPS) is 12.9. The number of carbonyl (C=O) groups excluding carboxylic acids is 2. The first-order chi connectivity index (χ1) is 11.5. The summed E-state index contributed by atoms with van der Waals surface area (Å²) < 4.78 is 1.49. The number of carbonyl (C=O) groups is 2. The maximum atomic E-state index is 13.0. The van der Waals surface area contributed by atoms with E-state index >= 15 is 0 Å². The molecule has 1 aliphatic carbocycles. The van der Waals surface area contributed by atoms with Crippen molar-refractivity contribution in [3.63, 3.8) is 0 Å². The van der Waals surface area contributed by atoms with Crippen LogP contribution in [-0.4, -0.2) is 21.2 Å². The molecule has 0 saturated heterocycles. The molecule has 0 amide bonds. The van der Waals surface area contributed by atoms with E-state index < -0.39 is 0 Å². The van der Waals surface area contributed by atoms with Gasteiger partial charge in [0.1, 0.15) is 0 Å². The molecular formula is C19H13NO3S. The van der Waals surface area contributed by atoms with Crippen molar-refractivity contribution in [2.24, 2.45) is 7.05 Å². The molecule has 1 aliphatic rings. The van der Waals surface area contributed by atoms with Gasteiger partial charge in [-0.1, -0.05) is 36.4 Å². The monoisotopic (exact) mass is 335 g/mol.